The molecule has 1 N–H and O–H groups in total. The largest absolute Gasteiger partial charge is 0.478 e. The number of ether oxygens (including phenoxy) is 5. The van der Waals surface area contributed by atoms with Crippen LogP contribution in [0.2, 0.25) is 0 Å². The summed E-state index contributed by atoms with van der Waals surface area (Å²) in [7, 11) is 0. The van der Waals surface area contributed by atoms with Crippen LogP contribution in [0.25, 0.3) is 0 Å². The highest BCUT2D eigenvalue weighted by Gasteiger charge is 2.27. The van der Waals surface area contributed by atoms with Gasteiger partial charge in [-0.1, -0.05) is 6.07 Å². The third-order valence-corrected chi connectivity index (χ3v) is 6.99. The van der Waals surface area contributed by atoms with Gasteiger partial charge < -0.3 is 33.9 Å². The number of benzene rings is 1. The number of amides is 2. The van der Waals surface area contributed by atoms with E-state index < -0.39 is 17.5 Å². The highest BCUT2D eigenvalue weighted by atomic mass is 32.1. The van der Waals surface area contributed by atoms with E-state index in [9.17, 15) is 19.2 Å². The Morgan fingerprint density at radius 2 is 1.61 bits per heavy atom. The fourth-order valence-electron chi connectivity index (χ4n) is 3.95. The zero-order valence-electron chi connectivity index (χ0n) is 24.2. The van der Waals surface area contributed by atoms with Gasteiger partial charge >= 0.3 is 18.0 Å². The average Bonchev–Trinajstić information content (AvgIpc) is 3.34. The van der Waals surface area contributed by atoms with Crippen LogP contribution in [0.5, 0.6) is 11.5 Å². The number of rotatable bonds is 12. The van der Waals surface area contributed by atoms with Crippen molar-refractivity contribution in [1.82, 2.24) is 10.2 Å². The van der Waals surface area contributed by atoms with Crippen molar-refractivity contribution in [1.29, 1.82) is 0 Å². The molecule has 1 aromatic carbocycles. The van der Waals surface area contributed by atoms with Crippen LogP contribution in [-0.2, 0) is 43.2 Å². The maximum Gasteiger partial charge on any atom is 0.410 e. The third-order valence-electron chi connectivity index (χ3n) is 5.75. The summed E-state index contributed by atoms with van der Waals surface area (Å²) in [6.07, 6.45) is 0.798. The first-order valence-electron chi connectivity index (χ1n) is 13.6. The van der Waals surface area contributed by atoms with Gasteiger partial charge in [0, 0.05) is 18.0 Å². The molecule has 0 unspecified atom stereocenters. The zero-order chi connectivity index (χ0) is 30.0. The van der Waals surface area contributed by atoms with Crippen LogP contribution in [0.15, 0.2) is 24.3 Å². The van der Waals surface area contributed by atoms with Gasteiger partial charge in [0.05, 0.1) is 24.6 Å². The first-order valence-corrected chi connectivity index (χ1v) is 14.4. The minimum absolute atomic E-state index is 0.193. The number of nitrogens with zero attached hydrogens (tertiary/aromatic N) is 1. The molecule has 1 aromatic heterocycles. The lowest BCUT2D eigenvalue weighted by Crippen LogP contribution is -2.39. The van der Waals surface area contributed by atoms with Crippen LogP contribution in [0.3, 0.4) is 0 Å². The number of nitrogens with one attached hydrogen (secondary N) is 1. The number of carbonyl (C=O) groups is 4. The highest BCUT2D eigenvalue weighted by Crippen LogP contribution is 2.30. The summed E-state index contributed by atoms with van der Waals surface area (Å²) in [6.45, 7) is 10.0. The van der Waals surface area contributed by atoms with Gasteiger partial charge in [-0.3, -0.25) is 4.79 Å². The molecule has 224 valence electrons. The van der Waals surface area contributed by atoms with Crippen LogP contribution < -0.4 is 14.8 Å². The Hall–Kier alpha value is -3.80. The molecule has 0 atom stereocenters. The number of hydrogen-bond acceptors (Lipinski definition) is 10. The molecular weight excluding hydrogens is 552 g/mol. The molecule has 41 heavy (non-hydrogen) atoms. The zero-order valence-corrected chi connectivity index (χ0v) is 25.0. The summed E-state index contributed by atoms with van der Waals surface area (Å²) in [5.41, 5.74) is 1.21. The summed E-state index contributed by atoms with van der Waals surface area (Å²) < 4.78 is 26.4. The first kappa shape index (κ1) is 31.7. The molecule has 0 aliphatic carbocycles. The second kappa shape index (κ2) is 14.7. The molecule has 2 heterocycles. The van der Waals surface area contributed by atoms with E-state index in [1.807, 2.05) is 26.8 Å². The van der Waals surface area contributed by atoms with Crippen LogP contribution in [0, 0.1) is 0 Å². The van der Waals surface area contributed by atoms with Gasteiger partial charge in [-0.25, -0.2) is 14.4 Å². The number of carbonyl (C=O) groups excluding carboxylic acids is 4. The van der Waals surface area contributed by atoms with E-state index in [2.05, 4.69) is 5.32 Å². The molecule has 0 radical (unpaired) electrons. The topological polar surface area (TPSA) is 130 Å². The van der Waals surface area contributed by atoms with Crippen molar-refractivity contribution < 1.29 is 42.9 Å². The molecule has 0 fully saturated rings. The van der Waals surface area contributed by atoms with E-state index in [-0.39, 0.29) is 49.9 Å². The standard InChI is InChI=1S/C29H38N2O9S/c1-6-36-25(32)17-38-21-9-8-19(14-22(21)39-18-26(33)37-7-2)10-12-30-27(34)24-15-20-16-31(13-11-23(20)41-24)28(35)40-29(3,4)5/h8-9,14-15H,6-7,10-13,16-18H2,1-5H3,(H,30,34). The van der Waals surface area contributed by atoms with Gasteiger partial charge in [0.1, 0.15) is 5.60 Å². The summed E-state index contributed by atoms with van der Waals surface area (Å²) in [4.78, 5) is 52.2. The Kier molecular flexibility index (Phi) is 11.4. The molecule has 0 spiro atoms. The Morgan fingerprint density at radius 1 is 0.951 bits per heavy atom. The van der Waals surface area contributed by atoms with Crippen molar-refractivity contribution >= 4 is 35.3 Å². The summed E-state index contributed by atoms with van der Waals surface area (Å²) in [5, 5.41) is 2.94. The molecule has 2 aromatic rings. The van der Waals surface area contributed by atoms with Crippen molar-refractivity contribution in [2.75, 3.05) is 39.5 Å². The fourth-order valence-corrected chi connectivity index (χ4v) is 5.03. The van der Waals surface area contributed by atoms with Crippen LogP contribution in [-0.4, -0.2) is 74.0 Å². The Balaban J connectivity index is 1.58. The predicted octanol–water partition coefficient (Wildman–Crippen LogP) is 3.90. The predicted molar refractivity (Wildman–Crippen MR) is 151 cm³/mol. The van der Waals surface area contributed by atoms with Crippen molar-refractivity contribution in [3.8, 4) is 11.5 Å². The quantitative estimate of drug-likeness (QED) is 0.289. The Bertz CT molecular complexity index is 1240. The second-order valence-corrected chi connectivity index (χ2v) is 11.3. The number of fused-ring (bicyclic) bond motifs is 1. The molecule has 12 heteroatoms. The van der Waals surface area contributed by atoms with Crippen molar-refractivity contribution in [2.45, 2.75) is 59.6 Å². The molecule has 1 aliphatic heterocycles. The normalized spacial score (nSPS) is 12.7. The van der Waals surface area contributed by atoms with Gasteiger partial charge in [-0.15, -0.1) is 11.3 Å². The fraction of sp³-hybridized carbons (Fsp3) is 0.517. The van der Waals surface area contributed by atoms with Crippen LogP contribution in [0.1, 0.15) is 60.3 Å². The maximum atomic E-state index is 12.9. The van der Waals surface area contributed by atoms with E-state index >= 15 is 0 Å². The molecule has 0 saturated heterocycles. The van der Waals surface area contributed by atoms with E-state index in [0.29, 0.717) is 37.4 Å². The molecule has 0 saturated carbocycles. The smallest absolute Gasteiger partial charge is 0.410 e. The van der Waals surface area contributed by atoms with Gasteiger partial charge in [0.2, 0.25) is 0 Å². The van der Waals surface area contributed by atoms with Gasteiger partial charge in [-0.2, -0.15) is 0 Å². The molecular formula is C29H38N2O9S. The maximum absolute atomic E-state index is 12.9. The first-order chi connectivity index (χ1) is 19.5. The van der Waals surface area contributed by atoms with Gasteiger partial charge in [0.15, 0.2) is 24.7 Å². The lowest BCUT2D eigenvalue weighted by molar-refractivity contribution is -0.146. The summed E-state index contributed by atoms with van der Waals surface area (Å²) in [6, 6.07) is 6.96. The summed E-state index contributed by atoms with van der Waals surface area (Å²) >= 11 is 1.44. The monoisotopic (exact) mass is 590 g/mol. The Labute approximate surface area is 244 Å². The average molecular weight is 591 g/mol. The Morgan fingerprint density at radius 3 is 2.24 bits per heavy atom. The molecule has 11 nitrogen and oxygen atoms in total. The summed E-state index contributed by atoms with van der Waals surface area (Å²) in [5.74, 6) is -0.703. The van der Waals surface area contributed by atoms with E-state index in [1.54, 1.807) is 36.9 Å². The number of esters is 2. The lowest BCUT2D eigenvalue weighted by atomic mass is 10.1. The second-order valence-electron chi connectivity index (χ2n) is 10.2. The van der Waals surface area contributed by atoms with E-state index in [1.165, 1.54) is 11.3 Å². The molecule has 2 amide bonds. The van der Waals surface area contributed by atoms with Crippen LogP contribution in [0.4, 0.5) is 4.79 Å². The highest BCUT2D eigenvalue weighted by molar-refractivity contribution is 7.14. The van der Waals surface area contributed by atoms with Crippen molar-refractivity contribution in [3.63, 3.8) is 0 Å². The number of thiophene rings is 1. The third kappa shape index (κ3) is 9.96. The van der Waals surface area contributed by atoms with Gasteiger partial charge in [-0.05, 0) is 76.8 Å². The number of hydrogen-bond donors (Lipinski definition) is 1. The van der Waals surface area contributed by atoms with E-state index in [0.717, 1.165) is 16.0 Å². The van der Waals surface area contributed by atoms with Crippen molar-refractivity contribution in [3.05, 3.63) is 45.1 Å². The lowest BCUT2D eigenvalue weighted by Gasteiger charge is -2.29. The van der Waals surface area contributed by atoms with Gasteiger partial charge in [0.25, 0.3) is 5.91 Å². The van der Waals surface area contributed by atoms with Crippen LogP contribution >= 0.6 is 11.3 Å². The minimum atomic E-state index is -0.569. The molecule has 3 rings (SSSR count). The molecule has 1 aliphatic rings. The van der Waals surface area contributed by atoms with Crippen molar-refractivity contribution in [2.24, 2.45) is 0 Å². The SMILES string of the molecule is CCOC(=O)COc1ccc(CCNC(=O)c2cc3c(s2)CCN(C(=O)OC(C)(C)C)C3)cc1OCC(=O)OCC. The molecule has 0 bridgehead atoms. The van der Waals surface area contributed by atoms with E-state index in [4.69, 9.17) is 23.7 Å². The minimum Gasteiger partial charge on any atom is -0.478 e.